The highest BCUT2D eigenvalue weighted by molar-refractivity contribution is 6.04. The molecule has 0 fully saturated rings. The van der Waals surface area contributed by atoms with Gasteiger partial charge in [0, 0.05) is 12.2 Å². The zero-order chi connectivity index (χ0) is 14.7. The number of anilines is 1. The smallest absolute Gasteiger partial charge is 0.371 e. The van der Waals surface area contributed by atoms with Crippen LogP contribution in [0, 0.1) is 5.82 Å². The Hall–Kier alpha value is -2.63. The Morgan fingerprint density at radius 1 is 1.25 bits per heavy atom. The van der Waals surface area contributed by atoms with Crippen molar-refractivity contribution in [3.63, 3.8) is 0 Å². The predicted molar refractivity (Wildman–Crippen MR) is 69.4 cm³/mol. The van der Waals surface area contributed by atoms with Gasteiger partial charge >= 0.3 is 5.97 Å². The summed E-state index contributed by atoms with van der Waals surface area (Å²) in [5.74, 6) is -2.65. The molecule has 2 aromatic rings. The van der Waals surface area contributed by atoms with Crippen LogP contribution in [0.3, 0.4) is 0 Å². The minimum Gasteiger partial charge on any atom is -0.475 e. The lowest BCUT2D eigenvalue weighted by Gasteiger charge is -2.19. The first-order valence-electron chi connectivity index (χ1n) is 5.93. The van der Waals surface area contributed by atoms with Crippen LogP contribution in [0.4, 0.5) is 10.1 Å². The van der Waals surface area contributed by atoms with Crippen molar-refractivity contribution in [2.45, 2.75) is 6.92 Å². The molecule has 1 aromatic carbocycles. The van der Waals surface area contributed by atoms with E-state index in [0.29, 0.717) is 12.2 Å². The largest absolute Gasteiger partial charge is 0.475 e. The zero-order valence-corrected chi connectivity index (χ0v) is 10.7. The number of carboxylic acids is 1. The number of furan rings is 1. The van der Waals surface area contributed by atoms with Gasteiger partial charge in [-0.15, -0.1) is 0 Å². The third-order valence-electron chi connectivity index (χ3n) is 2.71. The van der Waals surface area contributed by atoms with Crippen molar-refractivity contribution in [1.29, 1.82) is 0 Å². The van der Waals surface area contributed by atoms with Gasteiger partial charge in [-0.1, -0.05) is 6.07 Å². The second-order valence-corrected chi connectivity index (χ2v) is 4.00. The van der Waals surface area contributed by atoms with Crippen LogP contribution in [0.5, 0.6) is 0 Å². The molecule has 1 aromatic heterocycles. The third-order valence-corrected chi connectivity index (χ3v) is 2.71. The Morgan fingerprint density at radius 2 is 1.95 bits per heavy atom. The normalized spacial score (nSPS) is 10.3. The minimum absolute atomic E-state index is 0.103. The molecule has 0 aliphatic heterocycles. The summed E-state index contributed by atoms with van der Waals surface area (Å²) in [5, 5.41) is 8.76. The monoisotopic (exact) mass is 277 g/mol. The van der Waals surface area contributed by atoms with Gasteiger partial charge in [0.1, 0.15) is 5.82 Å². The molecular weight excluding hydrogens is 265 g/mol. The maximum atomic E-state index is 13.2. The summed E-state index contributed by atoms with van der Waals surface area (Å²) in [6.45, 7) is 2.02. The molecule has 1 N–H and O–H groups in total. The summed E-state index contributed by atoms with van der Waals surface area (Å²) in [6, 6.07) is 8.07. The van der Waals surface area contributed by atoms with Gasteiger partial charge in [-0.3, -0.25) is 4.79 Å². The molecule has 1 heterocycles. The predicted octanol–water partition coefficient (Wildman–Crippen LogP) is 2.78. The first-order valence-corrected chi connectivity index (χ1v) is 5.93. The second kappa shape index (κ2) is 5.56. The van der Waals surface area contributed by atoms with Gasteiger partial charge in [0.15, 0.2) is 5.76 Å². The van der Waals surface area contributed by atoms with Crippen molar-refractivity contribution in [2.75, 3.05) is 11.4 Å². The van der Waals surface area contributed by atoms with Crippen molar-refractivity contribution >= 4 is 17.6 Å². The average Bonchev–Trinajstić information content (AvgIpc) is 2.89. The fraction of sp³-hybridized carbons (Fsp3) is 0.143. The van der Waals surface area contributed by atoms with Gasteiger partial charge in [0.2, 0.25) is 5.76 Å². The van der Waals surface area contributed by atoms with E-state index in [1.54, 1.807) is 13.0 Å². The summed E-state index contributed by atoms with van der Waals surface area (Å²) in [7, 11) is 0. The molecule has 20 heavy (non-hydrogen) atoms. The number of benzene rings is 1. The lowest BCUT2D eigenvalue weighted by Crippen LogP contribution is -2.30. The lowest BCUT2D eigenvalue weighted by molar-refractivity contribution is 0.0660. The minimum atomic E-state index is -1.25. The quantitative estimate of drug-likeness (QED) is 0.932. The number of hydrogen-bond donors (Lipinski definition) is 1. The summed E-state index contributed by atoms with van der Waals surface area (Å²) in [4.78, 5) is 24.3. The van der Waals surface area contributed by atoms with Gasteiger partial charge in [-0.25, -0.2) is 9.18 Å². The number of rotatable bonds is 4. The topological polar surface area (TPSA) is 70.8 Å². The standard InChI is InChI=1S/C14H12FNO4/c1-2-16(10-5-3-4-9(15)8-10)13(17)11-6-7-12(20-11)14(18)19/h3-8H,2H2,1H3,(H,18,19). The van der Waals surface area contributed by atoms with Gasteiger partial charge < -0.3 is 14.4 Å². The number of carbonyl (C=O) groups is 2. The van der Waals surface area contributed by atoms with E-state index in [4.69, 9.17) is 9.52 Å². The van der Waals surface area contributed by atoms with Crippen LogP contribution in [-0.4, -0.2) is 23.5 Å². The Labute approximate surface area is 114 Å². The van der Waals surface area contributed by atoms with E-state index in [2.05, 4.69) is 0 Å². The van der Waals surface area contributed by atoms with E-state index in [0.717, 1.165) is 0 Å². The molecule has 0 unspecified atom stereocenters. The zero-order valence-electron chi connectivity index (χ0n) is 10.7. The molecule has 6 heteroatoms. The molecule has 104 valence electrons. The molecule has 0 aliphatic rings. The number of nitrogens with zero attached hydrogens (tertiary/aromatic N) is 1. The van der Waals surface area contributed by atoms with Crippen LogP contribution in [-0.2, 0) is 0 Å². The lowest BCUT2D eigenvalue weighted by atomic mass is 10.2. The van der Waals surface area contributed by atoms with Crippen LogP contribution in [0.15, 0.2) is 40.8 Å². The molecule has 0 aliphatic carbocycles. The van der Waals surface area contributed by atoms with Gasteiger partial charge in [-0.05, 0) is 37.3 Å². The van der Waals surface area contributed by atoms with Crippen molar-refractivity contribution in [3.8, 4) is 0 Å². The molecule has 0 atom stereocenters. The number of halogens is 1. The Kier molecular flexibility index (Phi) is 3.84. The number of aromatic carboxylic acids is 1. The Balaban J connectivity index is 2.31. The van der Waals surface area contributed by atoms with Gasteiger partial charge in [0.05, 0.1) is 0 Å². The van der Waals surface area contributed by atoms with Crippen molar-refractivity contribution < 1.29 is 23.5 Å². The van der Waals surface area contributed by atoms with Crippen LogP contribution >= 0.6 is 0 Å². The summed E-state index contributed by atoms with van der Waals surface area (Å²) in [5.41, 5.74) is 0.380. The summed E-state index contributed by atoms with van der Waals surface area (Å²) >= 11 is 0. The van der Waals surface area contributed by atoms with E-state index in [-0.39, 0.29) is 11.5 Å². The number of hydrogen-bond acceptors (Lipinski definition) is 3. The molecule has 5 nitrogen and oxygen atoms in total. The van der Waals surface area contributed by atoms with Gasteiger partial charge in [0.25, 0.3) is 5.91 Å². The average molecular weight is 277 g/mol. The van der Waals surface area contributed by atoms with E-state index in [1.165, 1.54) is 35.2 Å². The van der Waals surface area contributed by atoms with Crippen molar-refractivity contribution in [1.82, 2.24) is 0 Å². The molecule has 0 bridgehead atoms. The van der Waals surface area contributed by atoms with E-state index in [1.807, 2.05) is 0 Å². The molecule has 2 rings (SSSR count). The fourth-order valence-corrected chi connectivity index (χ4v) is 1.79. The highest BCUT2D eigenvalue weighted by Crippen LogP contribution is 2.19. The van der Waals surface area contributed by atoms with E-state index in [9.17, 15) is 14.0 Å². The molecule has 0 saturated heterocycles. The molecular formula is C14H12FNO4. The van der Waals surface area contributed by atoms with E-state index < -0.39 is 17.7 Å². The van der Waals surface area contributed by atoms with Crippen LogP contribution < -0.4 is 4.90 Å². The Morgan fingerprint density at radius 3 is 2.50 bits per heavy atom. The maximum Gasteiger partial charge on any atom is 0.371 e. The number of carboxylic acid groups (broad SMARTS) is 1. The molecule has 0 radical (unpaired) electrons. The number of amides is 1. The first kappa shape index (κ1) is 13.8. The molecule has 0 spiro atoms. The summed E-state index contributed by atoms with van der Waals surface area (Å²) in [6.07, 6.45) is 0. The number of carbonyl (C=O) groups excluding carboxylic acids is 1. The van der Waals surface area contributed by atoms with Gasteiger partial charge in [-0.2, -0.15) is 0 Å². The van der Waals surface area contributed by atoms with E-state index >= 15 is 0 Å². The third kappa shape index (κ3) is 2.69. The second-order valence-electron chi connectivity index (χ2n) is 4.00. The maximum absolute atomic E-state index is 13.2. The van der Waals surface area contributed by atoms with Crippen molar-refractivity contribution in [2.24, 2.45) is 0 Å². The summed E-state index contributed by atoms with van der Waals surface area (Å²) < 4.78 is 18.2. The Bertz CT molecular complexity index is 650. The first-order chi connectivity index (χ1) is 9.52. The highest BCUT2D eigenvalue weighted by atomic mass is 19.1. The fourth-order valence-electron chi connectivity index (χ4n) is 1.79. The van der Waals surface area contributed by atoms with Crippen LogP contribution in [0.1, 0.15) is 28.0 Å². The molecule has 1 amide bonds. The highest BCUT2D eigenvalue weighted by Gasteiger charge is 2.21. The van der Waals surface area contributed by atoms with Crippen LogP contribution in [0.2, 0.25) is 0 Å². The van der Waals surface area contributed by atoms with Crippen LogP contribution in [0.25, 0.3) is 0 Å². The molecule has 0 saturated carbocycles. The SMILES string of the molecule is CCN(C(=O)c1ccc(C(=O)O)o1)c1cccc(F)c1. The van der Waals surface area contributed by atoms with Crippen molar-refractivity contribution in [3.05, 3.63) is 53.7 Å².